The molecule has 1 aromatic carbocycles. The lowest BCUT2D eigenvalue weighted by molar-refractivity contribution is -0.131. The van der Waals surface area contributed by atoms with Crippen molar-refractivity contribution in [2.24, 2.45) is 0 Å². The Hall–Kier alpha value is -2.14. The lowest BCUT2D eigenvalue weighted by Crippen LogP contribution is -2.34. The number of aliphatic hydroxyl groups excluding tert-OH is 1. The highest BCUT2D eigenvalue weighted by molar-refractivity contribution is 5.78. The van der Waals surface area contributed by atoms with E-state index in [0.717, 1.165) is 11.3 Å². The average molecular weight is 259 g/mol. The zero-order chi connectivity index (χ0) is 13.5. The Kier molecular flexibility index (Phi) is 4.69. The van der Waals surface area contributed by atoms with E-state index in [1.54, 1.807) is 17.2 Å². The summed E-state index contributed by atoms with van der Waals surface area (Å²) in [4.78, 5) is 13.8. The first-order valence-electron chi connectivity index (χ1n) is 6.20. The van der Waals surface area contributed by atoms with Crippen LogP contribution in [0.25, 0.3) is 0 Å². The number of aromatic amines is 1. The van der Waals surface area contributed by atoms with Crippen LogP contribution in [0.5, 0.6) is 0 Å². The standard InChI is InChI=1S/C14H17N3O2/c18-9-8-17(11-12-4-2-1-3-5-12)14(19)10-13-6-7-15-16-13/h1-7,18H,8-11H2,(H,15,16). The van der Waals surface area contributed by atoms with Gasteiger partial charge in [0.15, 0.2) is 0 Å². The number of hydrogen-bond donors (Lipinski definition) is 2. The maximum atomic E-state index is 12.2. The number of nitrogens with one attached hydrogen (secondary N) is 1. The molecule has 5 heteroatoms. The van der Waals surface area contributed by atoms with E-state index >= 15 is 0 Å². The molecule has 1 aromatic heterocycles. The van der Waals surface area contributed by atoms with Crippen molar-refractivity contribution < 1.29 is 9.90 Å². The van der Waals surface area contributed by atoms with Crippen molar-refractivity contribution in [2.45, 2.75) is 13.0 Å². The molecular weight excluding hydrogens is 242 g/mol. The Bertz CT molecular complexity index is 497. The van der Waals surface area contributed by atoms with Gasteiger partial charge in [0.2, 0.25) is 5.91 Å². The van der Waals surface area contributed by atoms with Crippen LogP contribution in [0.15, 0.2) is 42.6 Å². The largest absolute Gasteiger partial charge is 0.395 e. The number of carbonyl (C=O) groups excluding carboxylic acids is 1. The van der Waals surface area contributed by atoms with Crippen molar-refractivity contribution in [3.05, 3.63) is 53.9 Å². The minimum atomic E-state index is -0.0401. The topological polar surface area (TPSA) is 69.2 Å². The summed E-state index contributed by atoms with van der Waals surface area (Å²) >= 11 is 0. The fourth-order valence-corrected chi connectivity index (χ4v) is 1.87. The molecule has 5 nitrogen and oxygen atoms in total. The number of H-pyrrole nitrogens is 1. The molecule has 0 bridgehead atoms. The molecule has 1 amide bonds. The van der Waals surface area contributed by atoms with Gasteiger partial charge in [0.25, 0.3) is 0 Å². The van der Waals surface area contributed by atoms with E-state index in [9.17, 15) is 4.79 Å². The highest BCUT2D eigenvalue weighted by Crippen LogP contribution is 2.06. The molecule has 19 heavy (non-hydrogen) atoms. The van der Waals surface area contributed by atoms with Crippen LogP contribution in [0, 0.1) is 0 Å². The van der Waals surface area contributed by atoms with Crippen molar-refractivity contribution in [1.29, 1.82) is 0 Å². The monoisotopic (exact) mass is 259 g/mol. The van der Waals surface area contributed by atoms with E-state index in [1.165, 1.54) is 0 Å². The molecule has 0 spiro atoms. The molecule has 0 unspecified atom stereocenters. The van der Waals surface area contributed by atoms with Gasteiger partial charge in [0.05, 0.1) is 13.0 Å². The Morgan fingerprint density at radius 2 is 2.05 bits per heavy atom. The van der Waals surface area contributed by atoms with Crippen molar-refractivity contribution in [3.8, 4) is 0 Å². The van der Waals surface area contributed by atoms with Crippen molar-refractivity contribution in [1.82, 2.24) is 15.1 Å². The Labute approximate surface area is 111 Å². The number of benzene rings is 1. The van der Waals surface area contributed by atoms with Crippen molar-refractivity contribution >= 4 is 5.91 Å². The van der Waals surface area contributed by atoms with Crippen LogP contribution in [-0.4, -0.2) is 39.3 Å². The van der Waals surface area contributed by atoms with Gasteiger partial charge in [-0.1, -0.05) is 30.3 Å². The van der Waals surface area contributed by atoms with Gasteiger partial charge in [-0.3, -0.25) is 9.89 Å². The van der Waals surface area contributed by atoms with Gasteiger partial charge in [-0.2, -0.15) is 5.10 Å². The molecular formula is C14H17N3O2. The predicted octanol–water partition coefficient (Wildman–Crippen LogP) is 0.973. The van der Waals surface area contributed by atoms with Gasteiger partial charge in [0, 0.05) is 25.0 Å². The van der Waals surface area contributed by atoms with Gasteiger partial charge in [-0.15, -0.1) is 0 Å². The van der Waals surface area contributed by atoms with Gasteiger partial charge in [-0.05, 0) is 11.6 Å². The molecule has 0 saturated heterocycles. The third kappa shape index (κ3) is 3.93. The summed E-state index contributed by atoms with van der Waals surface area (Å²) in [6, 6.07) is 11.5. The van der Waals surface area contributed by atoms with Gasteiger partial charge in [0.1, 0.15) is 0 Å². The summed E-state index contributed by atoms with van der Waals surface area (Å²) in [5.41, 5.74) is 1.83. The zero-order valence-corrected chi connectivity index (χ0v) is 10.6. The Morgan fingerprint density at radius 1 is 1.26 bits per heavy atom. The zero-order valence-electron chi connectivity index (χ0n) is 10.6. The van der Waals surface area contributed by atoms with Crippen LogP contribution in [0.3, 0.4) is 0 Å². The number of rotatable bonds is 6. The van der Waals surface area contributed by atoms with Crippen molar-refractivity contribution in [2.75, 3.05) is 13.2 Å². The van der Waals surface area contributed by atoms with Crippen molar-refractivity contribution in [3.63, 3.8) is 0 Å². The number of hydrogen-bond acceptors (Lipinski definition) is 3. The Morgan fingerprint density at radius 3 is 2.68 bits per heavy atom. The van der Waals surface area contributed by atoms with Gasteiger partial charge >= 0.3 is 0 Å². The molecule has 0 radical (unpaired) electrons. The molecule has 0 aliphatic carbocycles. The van der Waals surface area contributed by atoms with E-state index in [4.69, 9.17) is 5.11 Å². The van der Waals surface area contributed by atoms with E-state index in [1.807, 2.05) is 30.3 Å². The van der Waals surface area contributed by atoms with Crippen LogP contribution in [0.1, 0.15) is 11.3 Å². The molecule has 0 aliphatic heterocycles. The quantitative estimate of drug-likeness (QED) is 0.812. The fraction of sp³-hybridized carbons (Fsp3) is 0.286. The van der Waals surface area contributed by atoms with Crippen LogP contribution in [0.2, 0.25) is 0 Å². The molecule has 100 valence electrons. The van der Waals surface area contributed by atoms with Crippen LogP contribution in [-0.2, 0) is 17.8 Å². The summed E-state index contributed by atoms with van der Waals surface area (Å²) < 4.78 is 0. The lowest BCUT2D eigenvalue weighted by Gasteiger charge is -2.21. The van der Waals surface area contributed by atoms with E-state index in [-0.39, 0.29) is 18.9 Å². The van der Waals surface area contributed by atoms with E-state index in [0.29, 0.717) is 13.1 Å². The molecule has 0 aliphatic rings. The summed E-state index contributed by atoms with van der Waals surface area (Å²) in [6.07, 6.45) is 1.89. The van der Waals surface area contributed by atoms with Crippen LogP contribution < -0.4 is 0 Å². The number of aliphatic hydroxyl groups is 1. The maximum absolute atomic E-state index is 12.2. The first-order valence-corrected chi connectivity index (χ1v) is 6.20. The second-order valence-electron chi connectivity index (χ2n) is 4.28. The summed E-state index contributed by atoms with van der Waals surface area (Å²) in [7, 11) is 0. The normalized spacial score (nSPS) is 10.4. The minimum Gasteiger partial charge on any atom is -0.395 e. The molecule has 2 N–H and O–H groups in total. The second kappa shape index (κ2) is 6.70. The van der Waals surface area contributed by atoms with Crippen LogP contribution in [0.4, 0.5) is 0 Å². The SMILES string of the molecule is O=C(Cc1ccn[nH]1)N(CCO)Cc1ccccc1. The van der Waals surface area contributed by atoms with Gasteiger partial charge in [-0.25, -0.2) is 0 Å². The molecule has 0 atom stereocenters. The third-order valence-corrected chi connectivity index (χ3v) is 2.84. The number of aromatic nitrogens is 2. The minimum absolute atomic E-state index is 0.0258. The number of nitrogens with zero attached hydrogens (tertiary/aromatic N) is 2. The summed E-state index contributed by atoms with van der Waals surface area (Å²) in [5, 5.41) is 15.7. The summed E-state index contributed by atoms with van der Waals surface area (Å²) in [5.74, 6) is -0.0258. The highest BCUT2D eigenvalue weighted by atomic mass is 16.3. The second-order valence-corrected chi connectivity index (χ2v) is 4.28. The smallest absolute Gasteiger partial charge is 0.228 e. The molecule has 0 saturated carbocycles. The molecule has 0 fully saturated rings. The third-order valence-electron chi connectivity index (χ3n) is 2.84. The first kappa shape index (κ1) is 13.3. The molecule has 1 heterocycles. The van der Waals surface area contributed by atoms with Gasteiger partial charge < -0.3 is 10.0 Å². The van der Waals surface area contributed by atoms with E-state index < -0.39 is 0 Å². The average Bonchev–Trinajstić information content (AvgIpc) is 2.92. The highest BCUT2D eigenvalue weighted by Gasteiger charge is 2.14. The maximum Gasteiger partial charge on any atom is 0.228 e. The fourth-order valence-electron chi connectivity index (χ4n) is 1.87. The van der Waals surface area contributed by atoms with Crippen LogP contribution >= 0.6 is 0 Å². The first-order chi connectivity index (χ1) is 9.29. The Balaban J connectivity index is 2.00. The lowest BCUT2D eigenvalue weighted by atomic mass is 10.2. The predicted molar refractivity (Wildman–Crippen MR) is 71.2 cm³/mol. The van der Waals surface area contributed by atoms with E-state index in [2.05, 4.69) is 10.2 Å². The molecule has 2 rings (SSSR count). The number of carbonyl (C=O) groups is 1. The summed E-state index contributed by atoms with van der Waals surface area (Å²) in [6.45, 7) is 0.803. The number of amides is 1. The molecule has 2 aromatic rings.